The summed E-state index contributed by atoms with van der Waals surface area (Å²) >= 11 is 3.39. The number of piperidine rings is 1. The highest BCUT2D eigenvalue weighted by Gasteiger charge is 2.24. The van der Waals surface area contributed by atoms with Crippen molar-refractivity contribution >= 4 is 39.1 Å². The van der Waals surface area contributed by atoms with Gasteiger partial charge in [0.05, 0.1) is 5.56 Å². The maximum atomic E-state index is 13.5. The van der Waals surface area contributed by atoms with Gasteiger partial charge in [-0.3, -0.25) is 9.59 Å². The third kappa shape index (κ3) is 7.16. The van der Waals surface area contributed by atoms with Gasteiger partial charge in [-0.25, -0.2) is 4.39 Å². The topological polar surface area (TPSA) is 61.4 Å². The van der Waals surface area contributed by atoms with Gasteiger partial charge in [-0.15, -0.1) is 0 Å². The van der Waals surface area contributed by atoms with E-state index in [9.17, 15) is 14.0 Å². The van der Waals surface area contributed by atoms with Crippen molar-refractivity contribution in [2.75, 3.05) is 23.3 Å². The lowest BCUT2D eigenvalue weighted by atomic mass is 9.89. The molecular formula is C33H31BrFN3O2. The largest absolute Gasteiger partial charge is 0.371 e. The van der Waals surface area contributed by atoms with Crippen LogP contribution in [0, 0.1) is 11.7 Å². The third-order valence-electron chi connectivity index (χ3n) is 7.29. The maximum absolute atomic E-state index is 13.5. The zero-order valence-electron chi connectivity index (χ0n) is 22.1. The standard InChI is InChI=1S/C33H31BrFN3O2/c34-27-10-8-26(9-11-27)32(39)37-29-14-15-31(30(21-29)33(40)36-22-25-6-12-28(35)13-7-25)38-18-16-24(17-19-38)20-23-4-2-1-3-5-23/h1-15,21,24H,16-20,22H2,(H,36,40)(H,37,39). The molecule has 0 aliphatic carbocycles. The average Bonchev–Trinajstić information content (AvgIpc) is 2.98. The van der Waals surface area contributed by atoms with E-state index in [-0.39, 0.29) is 24.2 Å². The number of nitrogens with one attached hydrogen (secondary N) is 2. The molecule has 4 aromatic rings. The summed E-state index contributed by atoms with van der Waals surface area (Å²) in [6.07, 6.45) is 3.13. The summed E-state index contributed by atoms with van der Waals surface area (Å²) in [6.45, 7) is 1.97. The van der Waals surface area contributed by atoms with E-state index >= 15 is 0 Å². The smallest absolute Gasteiger partial charge is 0.255 e. The van der Waals surface area contributed by atoms with E-state index in [2.05, 4.69) is 55.7 Å². The first-order chi connectivity index (χ1) is 19.4. The molecule has 2 N–H and O–H groups in total. The van der Waals surface area contributed by atoms with Gasteiger partial charge in [0, 0.05) is 41.0 Å². The molecule has 204 valence electrons. The lowest BCUT2D eigenvalue weighted by Crippen LogP contribution is -2.36. The Kier molecular flexibility index (Phi) is 8.91. The monoisotopic (exact) mass is 599 g/mol. The van der Waals surface area contributed by atoms with Crippen molar-refractivity contribution in [3.8, 4) is 0 Å². The molecule has 1 aliphatic heterocycles. The van der Waals surface area contributed by atoms with Gasteiger partial charge in [-0.2, -0.15) is 0 Å². The number of amides is 2. The number of hydrogen-bond donors (Lipinski definition) is 2. The van der Waals surface area contributed by atoms with Crippen molar-refractivity contribution in [3.05, 3.63) is 130 Å². The van der Waals surface area contributed by atoms with Gasteiger partial charge in [0.2, 0.25) is 0 Å². The zero-order valence-corrected chi connectivity index (χ0v) is 23.7. The van der Waals surface area contributed by atoms with Gasteiger partial charge < -0.3 is 15.5 Å². The molecule has 1 saturated heterocycles. The maximum Gasteiger partial charge on any atom is 0.255 e. The van der Waals surface area contributed by atoms with Crippen molar-refractivity contribution in [2.45, 2.75) is 25.8 Å². The summed E-state index contributed by atoms with van der Waals surface area (Å²) in [5.41, 5.74) is 4.57. The molecule has 0 spiro atoms. The van der Waals surface area contributed by atoms with Gasteiger partial charge in [0.15, 0.2) is 0 Å². The van der Waals surface area contributed by atoms with E-state index < -0.39 is 0 Å². The van der Waals surface area contributed by atoms with E-state index in [1.807, 2.05) is 30.3 Å². The van der Waals surface area contributed by atoms with Crippen LogP contribution in [0.2, 0.25) is 0 Å². The highest BCUT2D eigenvalue weighted by molar-refractivity contribution is 9.10. The summed E-state index contributed by atoms with van der Waals surface area (Å²) in [7, 11) is 0. The van der Waals surface area contributed by atoms with E-state index in [0.717, 1.165) is 48.1 Å². The van der Waals surface area contributed by atoms with Crippen molar-refractivity contribution in [1.82, 2.24) is 5.32 Å². The number of rotatable bonds is 8. The number of carbonyl (C=O) groups is 2. The SMILES string of the molecule is O=C(Nc1ccc(N2CCC(Cc3ccccc3)CC2)c(C(=O)NCc2ccc(F)cc2)c1)c1ccc(Br)cc1. The Labute approximate surface area is 242 Å². The van der Waals surface area contributed by atoms with E-state index in [0.29, 0.717) is 22.7 Å². The molecule has 40 heavy (non-hydrogen) atoms. The Morgan fingerprint density at radius 2 is 1.52 bits per heavy atom. The van der Waals surface area contributed by atoms with E-state index in [1.165, 1.54) is 17.7 Å². The molecule has 5 rings (SSSR count). The summed E-state index contributed by atoms with van der Waals surface area (Å²) in [6, 6.07) is 29.2. The van der Waals surface area contributed by atoms with Gasteiger partial charge in [0.25, 0.3) is 11.8 Å². The third-order valence-corrected chi connectivity index (χ3v) is 7.82. The van der Waals surface area contributed by atoms with Crippen LogP contribution in [0.25, 0.3) is 0 Å². The lowest BCUT2D eigenvalue weighted by Gasteiger charge is -2.35. The molecule has 5 nitrogen and oxygen atoms in total. The highest BCUT2D eigenvalue weighted by Crippen LogP contribution is 2.30. The Bertz CT molecular complexity index is 1450. The van der Waals surface area contributed by atoms with Crippen LogP contribution >= 0.6 is 15.9 Å². The molecular weight excluding hydrogens is 569 g/mol. The van der Waals surface area contributed by atoms with Gasteiger partial charge >= 0.3 is 0 Å². The van der Waals surface area contributed by atoms with Crippen molar-refractivity contribution < 1.29 is 14.0 Å². The second-order valence-corrected chi connectivity index (χ2v) is 11.0. The molecule has 0 aromatic heterocycles. The number of carbonyl (C=O) groups excluding carboxylic acids is 2. The van der Waals surface area contributed by atoms with Gasteiger partial charge in [-0.1, -0.05) is 58.4 Å². The second kappa shape index (κ2) is 12.9. The van der Waals surface area contributed by atoms with Crippen LogP contribution in [0.3, 0.4) is 0 Å². The Morgan fingerprint density at radius 3 is 2.23 bits per heavy atom. The van der Waals surface area contributed by atoms with Crippen molar-refractivity contribution in [3.63, 3.8) is 0 Å². The molecule has 0 saturated carbocycles. The summed E-state index contributed by atoms with van der Waals surface area (Å²) in [4.78, 5) is 28.6. The fraction of sp³-hybridized carbons (Fsp3) is 0.212. The van der Waals surface area contributed by atoms with Gasteiger partial charge in [-0.05, 0) is 90.9 Å². The lowest BCUT2D eigenvalue weighted by molar-refractivity contribution is 0.0950. The molecule has 0 unspecified atom stereocenters. The predicted molar refractivity (Wildman–Crippen MR) is 161 cm³/mol. The number of nitrogens with zero attached hydrogens (tertiary/aromatic N) is 1. The van der Waals surface area contributed by atoms with Crippen LogP contribution in [0.15, 0.2) is 102 Å². The quantitative estimate of drug-likeness (QED) is 0.224. The minimum absolute atomic E-state index is 0.245. The first-order valence-corrected chi connectivity index (χ1v) is 14.3. The second-order valence-electron chi connectivity index (χ2n) is 10.1. The van der Waals surface area contributed by atoms with Gasteiger partial charge in [0.1, 0.15) is 5.82 Å². The van der Waals surface area contributed by atoms with E-state index in [4.69, 9.17) is 0 Å². The molecule has 1 aliphatic rings. The summed E-state index contributed by atoms with van der Waals surface area (Å²) in [5, 5.41) is 5.89. The molecule has 0 radical (unpaired) electrons. The van der Waals surface area contributed by atoms with Crippen molar-refractivity contribution in [2.24, 2.45) is 5.92 Å². The average molecular weight is 601 g/mol. The summed E-state index contributed by atoms with van der Waals surface area (Å²) in [5.74, 6) is -0.216. The molecule has 0 atom stereocenters. The molecule has 1 heterocycles. The zero-order chi connectivity index (χ0) is 27.9. The number of anilines is 2. The normalized spacial score (nSPS) is 13.6. The van der Waals surface area contributed by atoms with Crippen LogP contribution < -0.4 is 15.5 Å². The van der Waals surface area contributed by atoms with E-state index in [1.54, 1.807) is 30.3 Å². The first kappa shape index (κ1) is 27.6. The molecule has 0 bridgehead atoms. The minimum Gasteiger partial charge on any atom is -0.371 e. The summed E-state index contributed by atoms with van der Waals surface area (Å²) < 4.78 is 14.2. The fourth-order valence-electron chi connectivity index (χ4n) is 5.08. The van der Waals surface area contributed by atoms with Crippen LogP contribution in [0.5, 0.6) is 0 Å². The van der Waals surface area contributed by atoms with Crippen molar-refractivity contribution in [1.29, 1.82) is 0 Å². The Hall–Kier alpha value is -3.97. The molecule has 7 heteroatoms. The number of hydrogen-bond acceptors (Lipinski definition) is 3. The number of halogens is 2. The molecule has 1 fully saturated rings. The molecule has 4 aromatic carbocycles. The Balaban J connectivity index is 1.33. The Morgan fingerprint density at radius 1 is 0.825 bits per heavy atom. The van der Waals surface area contributed by atoms with Crippen LogP contribution in [0.1, 0.15) is 44.7 Å². The minimum atomic E-state index is -0.317. The highest BCUT2D eigenvalue weighted by atomic mass is 79.9. The number of benzene rings is 4. The van der Waals surface area contributed by atoms with Crippen LogP contribution in [-0.4, -0.2) is 24.9 Å². The van der Waals surface area contributed by atoms with Crippen LogP contribution in [-0.2, 0) is 13.0 Å². The molecule has 2 amide bonds. The predicted octanol–water partition coefficient (Wildman–Crippen LogP) is 7.23. The first-order valence-electron chi connectivity index (χ1n) is 13.5. The fourth-order valence-corrected chi connectivity index (χ4v) is 5.35. The van der Waals surface area contributed by atoms with Crippen LogP contribution in [0.4, 0.5) is 15.8 Å².